The van der Waals surface area contributed by atoms with E-state index in [1.165, 1.54) is 32.2 Å². The van der Waals surface area contributed by atoms with Gasteiger partial charge in [-0.2, -0.15) is 0 Å². The molecule has 1 aliphatic carbocycles. The highest BCUT2D eigenvalue weighted by atomic mass is 16.5. The van der Waals surface area contributed by atoms with Gasteiger partial charge in [0, 0.05) is 44.3 Å². The molecule has 120 valence electrons. The fraction of sp³-hybridized carbons (Fsp3) is 0.706. The molecule has 1 N–H and O–H groups in total. The van der Waals surface area contributed by atoms with Gasteiger partial charge in [-0.1, -0.05) is 12.8 Å². The standard InChI is InChI=1S/C17H26N4O/c1-22-14-5-4-8-18-15(14)20-9-11-21(12-10-20)16-17(13-19-16)6-2-3-7-17/h4-5,8,16,19H,2-3,6-7,9-13H2,1H3. The van der Waals surface area contributed by atoms with Crippen molar-refractivity contribution in [3.05, 3.63) is 18.3 Å². The van der Waals surface area contributed by atoms with Gasteiger partial charge >= 0.3 is 0 Å². The van der Waals surface area contributed by atoms with Crippen LogP contribution in [0, 0.1) is 5.41 Å². The lowest BCUT2D eigenvalue weighted by Crippen LogP contribution is -2.70. The summed E-state index contributed by atoms with van der Waals surface area (Å²) in [5, 5.41) is 3.69. The van der Waals surface area contributed by atoms with Gasteiger partial charge in [-0.25, -0.2) is 4.98 Å². The van der Waals surface area contributed by atoms with Gasteiger partial charge in [0.15, 0.2) is 11.6 Å². The van der Waals surface area contributed by atoms with Crippen LogP contribution in [0.15, 0.2) is 18.3 Å². The Morgan fingerprint density at radius 3 is 2.64 bits per heavy atom. The van der Waals surface area contributed by atoms with E-state index < -0.39 is 0 Å². The van der Waals surface area contributed by atoms with E-state index in [4.69, 9.17) is 4.74 Å². The van der Waals surface area contributed by atoms with Gasteiger partial charge in [-0.15, -0.1) is 0 Å². The van der Waals surface area contributed by atoms with Gasteiger partial charge in [0.05, 0.1) is 13.3 Å². The quantitative estimate of drug-likeness (QED) is 0.920. The minimum absolute atomic E-state index is 0.588. The van der Waals surface area contributed by atoms with E-state index in [1.807, 2.05) is 18.3 Å². The highest BCUT2D eigenvalue weighted by Crippen LogP contribution is 2.46. The van der Waals surface area contributed by atoms with Crippen molar-refractivity contribution in [2.45, 2.75) is 31.8 Å². The molecule has 3 aliphatic rings. The van der Waals surface area contributed by atoms with Crippen LogP contribution in [0.25, 0.3) is 0 Å². The Morgan fingerprint density at radius 2 is 2.00 bits per heavy atom. The fourth-order valence-corrected chi connectivity index (χ4v) is 4.50. The summed E-state index contributed by atoms with van der Waals surface area (Å²) in [6, 6.07) is 3.93. The number of nitrogens with one attached hydrogen (secondary N) is 1. The van der Waals surface area contributed by atoms with E-state index in [2.05, 4.69) is 20.1 Å². The molecule has 4 rings (SSSR count). The van der Waals surface area contributed by atoms with Crippen LogP contribution in [0.2, 0.25) is 0 Å². The van der Waals surface area contributed by atoms with Crippen LogP contribution in [0.5, 0.6) is 5.75 Å². The number of rotatable bonds is 3. The molecule has 3 fully saturated rings. The van der Waals surface area contributed by atoms with Crippen LogP contribution in [-0.4, -0.2) is 55.9 Å². The largest absolute Gasteiger partial charge is 0.493 e. The third kappa shape index (κ3) is 2.27. The summed E-state index contributed by atoms with van der Waals surface area (Å²) in [5.41, 5.74) is 0.588. The number of aromatic nitrogens is 1. The van der Waals surface area contributed by atoms with Crippen LogP contribution in [0.3, 0.4) is 0 Å². The molecular formula is C17H26N4O. The van der Waals surface area contributed by atoms with Gasteiger partial charge in [0.1, 0.15) is 0 Å². The third-order valence-electron chi connectivity index (χ3n) is 5.78. The molecule has 1 spiro atoms. The Balaban J connectivity index is 1.40. The molecule has 1 aromatic heterocycles. The molecule has 1 aromatic rings. The lowest BCUT2D eigenvalue weighted by atomic mass is 9.75. The maximum absolute atomic E-state index is 5.45. The molecule has 2 aliphatic heterocycles. The monoisotopic (exact) mass is 302 g/mol. The van der Waals surface area contributed by atoms with Crippen molar-refractivity contribution in [2.24, 2.45) is 5.41 Å². The topological polar surface area (TPSA) is 40.6 Å². The van der Waals surface area contributed by atoms with Crippen LogP contribution in [0.1, 0.15) is 25.7 Å². The summed E-state index contributed by atoms with van der Waals surface area (Å²) in [4.78, 5) is 9.52. The van der Waals surface area contributed by atoms with Crippen LogP contribution < -0.4 is 15.0 Å². The number of methoxy groups -OCH3 is 1. The second-order valence-electron chi connectivity index (χ2n) is 6.91. The summed E-state index contributed by atoms with van der Waals surface area (Å²) >= 11 is 0. The van der Waals surface area contributed by atoms with Crippen molar-refractivity contribution in [3.8, 4) is 5.75 Å². The van der Waals surface area contributed by atoms with E-state index in [-0.39, 0.29) is 0 Å². The average Bonchev–Trinajstić information content (AvgIpc) is 3.07. The fourth-order valence-electron chi connectivity index (χ4n) is 4.50. The first-order valence-corrected chi connectivity index (χ1v) is 8.54. The van der Waals surface area contributed by atoms with Gasteiger partial charge in [0.25, 0.3) is 0 Å². The lowest BCUT2D eigenvalue weighted by molar-refractivity contribution is -0.0356. The number of nitrogens with zero attached hydrogens (tertiary/aromatic N) is 3. The maximum atomic E-state index is 5.45. The van der Waals surface area contributed by atoms with E-state index in [0.29, 0.717) is 11.6 Å². The Kier molecular flexibility index (Phi) is 3.70. The zero-order chi connectivity index (χ0) is 15.0. The molecule has 0 aromatic carbocycles. The molecular weight excluding hydrogens is 276 g/mol. The van der Waals surface area contributed by atoms with Gasteiger partial charge in [-0.3, -0.25) is 4.90 Å². The Labute approximate surface area is 132 Å². The van der Waals surface area contributed by atoms with Crippen LogP contribution in [0.4, 0.5) is 5.82 Å². The summed E-state index contributed by atoms with van der Waals surface area (Å²) in [6.07, 6.45) is 8.14. The zero-order valence-electron chi connectivity index (χ0n) is 13.4. The molecule has 1 saturated carbocycles. The number of hydrogen-bond donors (Lipinski definition) is 1. The number of pyridine rings is 1. The van der Waals surface area contributed by atoms with E-state index in [9.17, 15) is 0 Å². The van der Waals surface area contributed by atoms with Crippen LogP contribution in [-0.2, 0) is 0 Å². The average molecular weight is 302 g/mol. The SMILES string of the molecule is COc1cccnc1N1CCN(C2NCC23CCCC3)CC1. The highest BCUT2D eigenvalue weighted by Gasteiger charge is 2.50. The summed E-state index contributed by atoms with van der Waals surface area (Å²) in [6.45, 7) is 5.51. The van der Waals surface area contributed by atoms with Crippen molar-refractivity contribution in [2.75, 3.05) is 44.7 Å². The predicted octanol–water partition coefficient (Wildman–Crippen LogP) is 1.70. The van der Waals surface area contributed by atoms with E-state index in [0.717, 1.165) is 37.7 Å². The first-order valence-electron chi connectivity index (χ1n) is 8.54. The molecule has 5 nitrogen and oxygen atoms in total. The minimum Gasteiger partial charge on any atom is -0.493 e. The molecule has 3 heterocycles. The highest BCUT2D eigenvalue weighted by molar-refractivity contribution is 5.52. The lowest BCUT2D eigenvalue weighted by Gasteiger charge is -2.55. The molecule has 22 heavy (non-hydrogen) atoms. The third-order valence-corrected chi connectivity index (χ3v) is 5.78. The smallest absolute Gasteiger partial charge is 0.171 e. The second kappa shape index (κ2) is 5.70. The van der Waals surface area contributed by atoms with E-state index in [1.54, 1.807) is 7.11 Å². The number of hydrogen-bond acceptors (Lipinski definition) is 5. The first-order chi connectivity index (χ1) is 10.8. The summed E-state index contributed by atoms with van der Waals surface area (Å²) in [7, 11) is 1.72. The van der Waals surface area contributed by atoms with Gasteiger partial charge < -0.3 is 15.0 Å². The predicted molar refractivity (Wildman–Crippen MR) is 87.3 cm³/mol. The van der Waals surface area contributed by atoms with Crippen molar-refractivity contribution >= 4 is 5.82 Å². The molecule has 2 saturated heterocycles. The molecule has 1 atom stereocenters. The Hall–Kier alpha value is -1.33. The first kappa shape index (κ1) is 14.3. The normalized spacial score (nSPS) is 27.9. The Bertz CT molecular complexity index is 521. The number of anilines is 1. The number of ether oxygens (including phenoxy) is 1. The maximum Gasteiger partial charge on any atom is 0.171 e. The van der Waals surface area contributed by atoms with Crippen LogP contribution >= 0.6 is 0 Å². The minimum atomic E-state index is 0.588. The van der Waals surface area contributed by atoms with E-state index >= 15 is 0 Å². The van der Waals surface area contributed by atoms with Crippen molar-refractivity contribution in [3.63, 3.8) is 0 Å². The van der Waals surface area contributed by atoms with Crippen molar-refractivity contribution in [1.29, 1.82) is 0 Å². The Morgan fingerprint density at radius 1 is 1.23 bits per heavy atom. The molecule has 0 radical (unpaired) electrons. The molecule has 0 bridgehead atoms. The summed E-state index contributed by atoms with van der Waals surface area (Å²) < 4.78 is 5.45. The van der Waals surface area contributed by atoms with Crippen molar-refractivity contribution in [1.82, 2.24) is 15.2 Å². The zero-order valence-corrected chi connectivity index (χ0v) is 13.4. The second-order valence-corrected chi connectivity index (χ2v) is 6.91. The molecule has 1 unspecified atom stereocenters. The molecule has 0 amide bonds. The van der Waals surface area contributed by atoms with Crippen molar-refractivity contribution < 1.29 is 4.74 Å². The van der Waals surface area contributed by atoms with Gasteiger partial charge in [0.2, 0.25) is 0 Å². The summed E-state index contributed by atoms with van der Waals surface area (Å²) in [5.74, 6) is 1.87. The molecule has 5 heteroatoms. The number of piperazine rings is 1. The van der Waals surface area contributed by atoms with Gasteiger partial charge in [-0.05, 0) is 25.0 Å².